The van der Waals surface area contributed by atoms with E-state index in [1.165, 1.54) is 30.3 Å². The lowest BCUT2D eigenvalue weighted by molar-refractivity contribution is -0.119. The van der Waals surface area contributed by atoms with Crippen LogP contribution in [0.15, 0.2) is 102 Å². The first-order valence-electron chi connectivity index (χ1n) is 11.8. The van der Waals surface area contributed by atoms with Crippen LogP contribution >= 0.6 is 11.6 Å². The first kappa shape index (κ1) is 27.2. The molecule has 0 aliphatic rings. The second-order valence-corrected chi connectivity index (χ2v) is 10.9. The van der Waals surface area contributed by atoms with Crippen molar-refractivity contribution in [3.63, 3.8) is 0 Å². The Hall–Kier alpha value is -3.88. The van der Waals surface area contributed by atoms with Crippen LogP contribution in [-0.4, -0.2) is 20.9 Å². The number of carbonyl (C=O) groups excluding carboxylic acids is 1. The van der Waals surface area contributed by atoms with Gasteiger partial charge < -0.3 is 10.1 Å². The van der Waals surface area contributed by atoms with Gasteiger partial charge in [-0.3, -0.25) is 9.10 Å². The van der Waals surface area contributed by atoms with Crippen LogP contribution in [0.3, 0.4) is 0 Å². The lowest BCUT2D eigenvalue weighted by atomic mass is 10.2. The minimum Gasteiger partial charge on any atom is -0.489 e. The number of hydrogen-bond acceptors (Lipinski definition) is 4. The molecular formula is C29H26ClFN2O4S. The van der Waals surface area contributed by atoms with Crippen molar-refractivity contribution in [2.24, 2.45) is 0 Å². The summed E-state index contributed by atoms with van der Waals surface area (Å²) in [4.78, 5) is 12.9. The molecule has 1 amide bonds. The number of benzene rings is 4. The maximum absolute atomic E-state index is 13.5. The Kier molecular flexibility index (Phi) is 8.66. The maximum Gasteiger partial charge on any atom is 0.264 e. The van der Waals surface area contributed by atoms with E-state index in [2.05, 4.69) is 5.32 Å². The molecule has 0 radical (unpaired) electrons. The third kappa shape index (κ3) is 7.12. The molecule has 4 aromatic carbocycles. The Labute approximate surface area is 226 Å². The standard InChI is InChI=1S/C29H26ClFN2O4S/c1-21-5-15-28(16-6-21)38(35,36)33(26-4-2-3-24(30)17-26)19-29(34)32-18-22-9-13-27(14-10-22)37-20-23-7-11-25(31)12-8-23/h2-17H,18-20H2,1H3,(H,32,34). The fourth-order valence-electron chi connectivity index (χ4n) is 3.62. The topological polar surface area (TPSA) is 75.7 Å². The quantitative estimate of drug-likeness (QED) is 0.267. The normalized spacial score (nSPS) is 11.1. The summed E-state index contributed by atoms with van der Waals surface area (Å²) < 4.78 is 46.7. The first-order valence-corrected chi connectivity index (χ1v) is 13.6. The molecule has 0 bridgehead atoms. The van der Waals surface area contributed by atoms with E-state index in [0.717, 1.165) is 21.0 Å². The van der Waals surface area contributed by atoms with Gasteiger partial charge >= 0.3 is 0 Å². The Morgan fingerprint density at radius 2 is 1.58 bits per heavy atom. The summed E-state index contributed by atoms with van der Waals surface area (Å²) in [5.41, 5.74) is 2.86. The van der Waals surface area contributed by atoms with Gasteiger partial charge in [0.05, 0.1) is 10.6 Å². The van der Waals surface area contributed by atoms with Crippen molar-refractivity contribution < 1.29 is 22.3 Å². The molecule has 0 aliphatic carbocycles. The lowest BCUT2D eigenvalue weighted by Crippen LogP contribution is -2.40. The molecule has 6 nitrogen and oxygen atoms in total. The number of ether oxygens (including phenoxy) is 1. The summed E-state index contributed by atoms with van der Waals surface area (Å²) in [7, 11) is -4.03. The van der Waals surface area contributed by atoms with Crippen LogP contribution in [0, 0.1) is 12.7 Å². The van der Waals surface area contributed by atoms with Crippen molar-refractivity contribution in [2.45, 2.75) is 25.0 Å². The van der Waals surface area contributed by atoms with Crippen LogP contribution in [-0.2, 0) is 28.0 Å². The van der Waals surface area contributed by atoms with Crippen LogP contribution < -0.4 is 14.4 Å². The van der Waals surface area contributed by atoms with Gasteiger partial charge in [0.15, 0.2) is 0 Å². The molecule has 38 heavy (non-hydrogen) atoms. The third-order valence-corrected chi connectivity index (χ3v) is 7.75. The Morgan fingerprint density at radius 1 is 0.921 bits per heavy atom. The number of halogens is 2. The van der Waals surface area contributed by atoms with Crippen LogP contribution in [0.1, 0.15) is 16.7 Å². The van der Waals surface area contributed by atoms with E-state index in [9.17, 15) is 17.6 Å². The van der Waals surface area contributed by atoms with E-state index in [1.54, 1.807) is 66.7 Å². The fraction of sp³-hybridized carbons (Fsp3) is 0.138. The molecule has 0 aromatic heterocycles. The molecule has 0 unspecified atom stereocenters. The number of sulfonamides is 1. The largest absolute Gasteiger partial charge is 0.489 e. The number of anilines is 1. The minimum absolute atomic E-state index is 0.0760. The Balaban J connectivity index is 1.40. The number of amides is 1. The molecule has 196 valence electrons. The maximum atomic E-state index is 13.5. The van der Waals surface area contributed by atoms with Crippen LogP contribution in [0.25, 0.3) is 0 Å². The molecule has 0 aliphatic heterocycles. The SMILES string of the molecule is Cc1ccc(S(=O)(=O)N(CC(=O)NCc2ccc(OCc3ccc(F)cc3)cc2)c2cccc(Cl)c2)cc1. The zero-order valence-electron chi connectivity index (χ0n) is 20.6. The molecular weight excluding hydrogens is 527 g/mol. The Bertz CT molecular complexity index is 1490. The van der Waals surface area contributed by atoms with Gasteiger partial charge in [0.1, 0.15) is 24.7 Å². The van der Waals surface area contributed by atoms with Crippen molar-refractivity contribution in [2.75, 3.05) is 10.8 Å². The average Bonchev–Trinajstić information content (AvgIpc) is 2.91. The zero-order valence-corrected chi connectivity index (χ0v) is 22.2. The third-order valence-electron chi connectivity index (χ3n) is 5.72. The smallest absolute Gasteiger partial charge is 0.264 e. The molecule has 0 spiro atoms. The summed E-state index contributed by atoms with van der Waals surface area (Å²) in [6, 6.07) is 26.0. The number of nitrogens with zero attached hydrogens (tertiary/aromatic N) is 1. The van der Waals surface area contributed by atoms with Crippen LogP contribution in [0.2, 0.25) is 5.02 Å². The van der Waals surface area contributed by atoms with Crippen LogP contribution in [0.4, 0.5) is 10.1 Å². The molecule has 0 fully saturated rings. The second kappa shape index (κ2) is 12.1. The molecule has 1 N–H and O–H groups in total. The van der Waals surface area contributed by atoms with Crippen molar-refractivity contribution in [1.29, 1.82) is 0 Å². The molecule has 0 saturated heterocycles. The van der Waals surface area contributed by atoms with Crippen molar-refractivity contribution in [1.82, 2.24) is 5.32 Å². The van der Waals surface area contributed by atoms with E-state index < -0.39 is 22.5 Å². The van der Waals surface area contributed by atoms with E-state index in [0.29, 0.717) is 17.4 Å². The summed E-state index contributed by atoms with van der Waals surface area (Å²) in [5, 5.41) is 3.13. The van der Waals surface area contributed by atoms with Crippen LogP contribution in [0.5, 0.6) is 5.75 Å². The molecule has 0 saturated carbocycles. The summed E-state index contributed by atoms with van der Waals surface area (Å²) in [5.74, 6) is -0.151. The van der Waals surface area contributed by atoms with Gasteiger partial charge in [-0.05, 0) is 72.6 Å². The first-order chi connectivity index (χ1) is 18.2. The van der Waals surface area contributed by atoms with E-state index in [4.69, 9.17) is 16.3 Å². The van der Waals surface area contributed by atoms with Gasteiger partial charge in [-0.25, -0.2) is 12.8 Å². The number of nitrogens with one attached hydrogen (secondary N) is 1. The monoisotopic (exact) mass is 552 g/mol. The number of hydrogen-bond donors (Lipinski definition) is 1. The summed E-state index contributed by atoms with van der Waals surface area (Å²) in [6.45, 7) is 1.94. The molecule has 9 heteroatoms. The highest BCUT2D eigenvalue weighted by molar-refractivity contribution is 7.92. The molecule has 4 aromatic rings. The Morgan fingerprint density at radius 3 is 2.24 bits per heavy atom. The predicted molar refractivity (Wildman–Crippen MR) is 146 cm³/mol. The minimum atomic E-state index is -4.03. The van der Waals surface area contributed by atoms with Gasteiger partial charge in [0.25, 0.3) is 10.0 Å². The highest BCUT2D eigenvalue weighted by atomic mass is 35.5. The van der Waals surface area contributed by atoms with Crippen molar-refractivity contribution in [3.05, 3.63) is 125 Å². The lowest BCUT2D eigenvalue weighted by Gasteiger charge is -2.24. The highest BCUT2D eigenvalue weighted by Gasteiger charge is 2.27. The van der Waals surface area contributed by atoms with Crippen molar-refractivity contribution >= 4 is 33.2 Å². The molecule has 0 atom stereocenters. The number of carbonyl (C=O) groups is 1. The average molecular weight is 553 g/mol. The zero-order chi connectivity index (χ0) is 27.1. The number of aryl methyl sites for hydroxylation is 1. The van der Waals surface area contributed by atoms with Gasteiger partial charge in [0, 0.05) is 11.6 Å². The molecule has 4 rings (SSSR count). The summed E-state index contributed by atoms with van der Waals surface area (Å²) >= 11 is 6.11. The van der Waals surface area contributed by atoms with Gasteiger partial charge in [-0.15, -0.1) is 0 Å². The van der Waals surface area contributed by atoms with E-state index in [1.807, 2.05) is 6.92 Å². The van der Waals surface area contributed by atoms with Gasteiger partial charge in [0.2, 0.25) is 5.91 Å². The second-order valence-electron chi connectivity index (χ2n) is 8.64. The number of rotatable bonds is 10. The summed E-state index contributed by atoms with van der Waals surface area (Å²) in [6.07, 6.45) is 0. The highest BCUT2D eigenvalue weighted by Crippen LogP contribution is 2.26. The van der Waals surface area contributed by atoms with Gasteiger partial charge in [-0.1, -0.05) is 59.6 Å². The van der Waals surface area contributed by atoms with Crippen molar-refractivity contribution in [3.8, 4) is 5.75 Å². The van der Waals surface area contributed by atoms with E-state index >= 15 is 0 Å². The van der Waals surface area contributed by atoms with E-state index in [-0.39, 0.29) is 22.9 Å². The predicted octanol–water partition coefficient (Wildman–Crippen LogP) is 5.88. The van der Waals surface area contributed by atoms with Gasteiger partial charge in [-0.2, -0.15) is 0 Å². The fourth-order valence-corrected chi connectivity index (χ4v) is 5.22. The molecule has 0 heterocycles.